The normalized spacial score (nSPS) is 14.4. The molecule has 0 fully saturated rings. The topological polar surface area (TPSA) is 66.3 Å². The van der Waals surface area contributed by atoms with Gasteiger partial charge in [-0.3, -0.25) is 0 Å². The molecule has 0 N–H and O–H groups in total. The van der Waals surface area contributed by atoms with Crippen LogP contribution in [0.25, 0.3) is 6.08 Å². The summed E-state index contributed by atoms with van der Waals surface area (Å²) in [5.41, 5.74) is 1.56. The van der Waals surface area contributed by atoms with Gasteiger partial charge in [0.15, 0.2) is 17.2 Å². The third-order valence-electron chi connectivity index (χ3n) is 3.89. The van der Waals surface area contributed by atoms with Crippen LogP contribution >= 0.6 is 0 Å². The number of esters is 1. The molecule has 0 bridgehead atoms. The quantitative estimate of drug-likeness (QED) is 0.394. The van der Waals surface area contributed by atoms with Gasteiger partial charge in [-0.05, 0) is 42.8 Å². The summed E-state index contributed by atoms with van der Waals surface area (Å²) in [4.78, 5) is 16.6. The zero-order valence-electron chi connectivity index (χ0n) is 15.8. The van der Waals surface area contributed by atoms with Gasteiger partial charge in [-0.1, -0.05) is 30.9 Å². The van der Waals surface area contributed by atoms with E-state index in [1.54, 1.807) is 37.5 Å². The molecule has 0 unspecified atom stereocenters. The zero-order valence-corrected chi connectivity index (χ0v) is 15.8. The molecule has 0 saturated carbocycles. The highest BCUT2D eigenvalue weighted by Crippen LogP contribution is 2.30. The Bertz CT molecular complexity index is 946. The van der Waals surface area contributed by atoms with Gasteiger partial charge in [0.1, 0.15) is 12.4 Å². The number of nitrogens with zero attached hydrogens (tertiary/aromatic N) is 1. The van der Waals surface area contributed by atoms with Crippen molar-refractivity contribution in [3.8, 4) is 17.2 Å². The van der Waals surface area contributed by atoms with Gasteiger partial charge >= 0.3 is 5.97 Å². The molecule has 1 heterocycles. The summed E-state index contributed by atoms with van der Waals surface area (Å²) < 4.78 is 21.8. The smallest absolute Gasteiger partial charge is 0.363 e. The van der Waals surface area contributed by atoms with Crippen molar-refractivity contribution in [2.45, 2.75) is 6.92 Å². The van der Waals surface area contributed by atoms with Crippen LogP contribution < -0.4 is 14.2 Å². The molecule has 1 aliphatic heterocycles. The van der Waals surface area contributed by atoms with Crippen molar-refractivity contribution in [2.75, 3.05) is 20.3 Å². The standard InChI is InChI=1S/C22H21NO5/c1-4-12-27-19-11-10-15(14-20(19)25-3)13-17-22(24)28-21(23-17)16-8-6-7-9-18(16)26-5-2/h4,6-11,13-14H,1,5,12H2,2-3H3/b17-13-. The van der Waals surface area contributed by atoms with Crippen molar-refractivity contribution in [2.24, 2.45) is 4.99 Å². The van der Waals surface area contributed by atoms with Crippen molar-refractivity contribution in [3.63, 3.8) is 0 Å². The molecule has 2 aromatic rings. The number of carbonyl (C=O) groups excluding carboxylic acids is 1. The molecule has 2 aromatic carbocycles. The molecule has 0 radical (unpaired) electrons. The Morgan fingerprint density at radius 2 is 1.93 bits per heavy atom. The van der Waals surface area contributed by atoms with Crippen molar-refractivity contribution in [1.82, 2.24) is 0 Å². The van der Waals surface area contributed by atoms with Gasteiger partial charge in [0.25, 0.3) is 0 Å². The molecule has 3 rings (SSSR count). The second-order valence-corrected chi connectivity index (χ2v) is 5.78. The number of ether oxygens (including phenoxy) is 4. The summed E-state index contributed by atoms with van der Waals surface area (Å²) >= 11 is 0. The number of hydrogen-bond donors (Lipinski definition) is 0. The molecule has 0 spiro atoms. The average molecular weight is 379 g/mol. The van der Waals surface area contributed by atoms with Crippen LogP contribution in [0.5, 0.6) is 17.2 Å². The number of para-hydroxylation sites is 1. The molecule has 0 saturated heterocycles. The Morgan fingerprint density at radius 1 is 1.11 bits per heavy atom. The monoisotopic (exact) mass is 379 g/mol. The number of aliphatic imine (C=N–C) groups is 1. The Morgan fingerprint density at radius 3 is 2.68 bits per heavy atom. The minimum Gasteiger partial charge on any atom is -0.493 e. The summed E-state index contributed by atoms with van der Waals surface area (Å²) in [6.45, 7) is 6.39. The van der Waals surface area contributed by atoms with E-state index in [1.165, 1.54) is 0 Å². The van der Waals surface area contributed by atoms with Crippen LogP contribution in [0.2, 0.25) is 0 Å². The van der Waals surface area contributed by atoms with E-state index < -0.39 is 5.97 Å². The van der Waals surface area contributed by atoms with Crippen LogP contribution in [0.3, 0.4) is 0 Å². The lowest BCUT2D eigenvalue weighted by Gasteiger charge is -2.09. The summed E-state index contributed by atoms with van der Waals surface area (Å²) in [6, 6.07) is 12.6. The number of benzene rings is 2. The Kier molecular flexibility index (Phi) is 6.11. The first kappa shape index (κ1) is 19.2. The first-order valence-electron chi connectivity index (χ1n) is 8.82. The lowest BCUT2D eigenvalue weighted by Crippen LogP contribution is -2.07. The molecule has 0 amide bonds. The highest BCUT2D eigenvalue weighted by molar-refractivity contribution is 6.13. The van der Waals surface area contributed by atoms with E-state index in [1.807, 2.05) is 31.2 Å². The van der Waals surface area contributed by atoms with Gasteiger partial charge in [-0.25, -0.2) is 9.79 Å². The SMILES string of the molecule is C=CCOc1ccc(/C=C2\N=C(c3ccccc3OCC)OC2=O)cc1OC. The molecule has 1 aliphatic rings. The molecule has 6 nitrogen and oxygen atoms in total. The van der Waals surface area contributed by atoms with Crippen LogP contribution in [0, 0.1) is 0 Å². The Balaban J connectivity index is 1.90. The van der Waals surface area contributed by atoms with Crippen molar-refractivity contribution >= 4 is 17.9 Å². The number of hydrogen-bond acceptors (Lipinski definition) is 6. The summed E-state index contributed by atoms with van der Waals surface area (Å²) in [6.07, 6.45) is 3.29. The van der Waals surface area contributed by atoms with Gasteiger partial charge in [0.2, 0.25) is 5.90 Å². The van der Waals surface area contributed by atoms with Crippen LogP contribution in [0.1, 0.15) is 18.1 Å². The minimum atomic E-state index is -0.521. The zero-order chi connectivity index (χ0) is 19.9. The van der Waals surface area contributed by atoms with E-state index in [0.29, 0.717) is 36.0 Å². The highest BCUT2D eigenvalue weighted by Gasteiger charge is 2.26. The molecule has 144 valence electrons. The first-order chi connectivity index (χ1) is 13.7. The molecule has 0 aromatic heterocycles. The third-order valence-corrected chi connectivity index (χ3v) is 3.89. The van der Waals surface area contributed by atoms with Crippen LogP contribution in [-0.2, 0) is 9.53 Å². The average Bonchev–Trinajstić information content (AvgIpc) is 3.07. The fourth-order valence-corrected chi connectivity index (χ4v) is 2.65. The number of cyclic esters (lactones) is 1. The van der Waals surface area contributed by atoms with E-state index in [-0.39, 0.29) is 11.6 Å². The van der Waals surface area contributed by atoms with Crippen LogP contribution in [0.4, 0.5) is 0 Å². The van der Waals surface area contributed by atoms with Gasteiger partial charge in [-0.2, -0.15) is 0 Å². The molecular weight excluding hydrogens is 358 g/mol. The number of methoxy groups -OCH3 is 1. The van der Waals surface area contributed by atoms with E-state index in [0.717, 1.165) is 5.56 Å². The molecule has 0 atom stereocenters. The van der Waals surface area contributed by atoms with Gasteiger partial charge in [-0.15, -0.1) is 0 Å². The van der Waals surface area contributed by atoms with Gasteiger partial charge < -0.3 is 18.9 Å². The van der Waals surface area contributed by atoms with Gasteiger partial charge in [0, 0.05) is 0 Å². The number of rotatable bonds is 8. The molecule has 0 aliphatic carbocycles. The highest BCUT2D eigenvalue weighted by atomic mass is 16.6. The third kappa shape index (κ3) is 4.23. The van der Waals surface area contributed by atoms with Crippen LogP contribution in [0.15, 0.2) is 65.8 Å². The second kappa shape index (κ2) is 8.90. The van der Waals surface area contributed by atoms with E-state index >= 15 is 0 Å². The first-order valence-corrected chi connectivity index (χ1v) is 8.82. The maximum Gasteiger partial charge on any atom is 0.363 e. The largest absolute Gasteiger partial charge is 0.493 e. The van der Waals surface area contributed by atoms with Gasteiger partial charge in [0.05, 0.1) is 19.3 Å². The van der Waals surface area contributed by atoms with Crippen molar-refractivity contribution in [3.05, 3.63) is 71.9 Å². The fraction of sp³-hybridized carbons (Fsp3) is 0.182. The molecule has 6 heteroatoms. The van der Waals surface area contributed by atoms with Crippen molar-refractivity contribution in [1.29, 1.82) is 0 Å². The lowest BCUT2D eigenvalue weighted by atomic mass is 10.1. The van der Waals surface area contributed by atoms with E-state index in [2.05, 4.69) is 11.6 Å². The Labute approximate surface area is 163 Å². The predicted molar refractivity (Wildman–Crippen MR) is 107 cm³/mol. The van der Waals surface area contributed by atoms with E-state index in [9.17, 15) is 4.79 Å². The van der Waals surface area contributed by atoms with Crippen molar-refractivity contribution < 1.29 is 23.7 Å². The predicted octanol–water partition coefficient (Wildman–Crippen LogP) is 4.00. The maximum absolute atomic E-state index is 12.3. The number of carbonyl (C=O) groups is 1. The second-order valence-electron chi connectivity index (χ2n) is 5.78. The summed E-state index contributed by atoms with van der Waals surface area (Å²) in [5, 5.41) is 0. The Hall–Kier alpha value is -3.54. The molecule has 28 heavy (non-hydrogen) atoms. The lowest BCUT2D eigenvalue weighted by molar-refractivity contribution is -0.129. The van der Waals surface area contributed by atoms with E-state index in [4.69, 9.17) is 18.9 Å². The minimum absolute atomic E-state index is 0.197. The summed E-state index contributed by atoms with van der Waals surface area (Å²) in [7, 11) is 1.55. The summed E-state index contributed by atoms with van der Waals surface area (Å²) in [5.74, 6) is 1.45. The fourth-order valence-electron chi connectivity index (χ4n) is 2.65. The maximum atomic E-state index is 12.3. The van der Waals surface area contributed by atoms with Crippen LogP contribution in [-0.4, -0.2) is 32.2 Å². The molecular formula is C22H21NO5.